The van der Waals surface area contributed by atoms with E-state index in [1.807, 2.05) is 26.0 Å². The number of hydrogen-bond donors (Lipinski definition) is 1. The van der Waals surface area contributed by atoms with E-state index in [1.165, 1.54) is 16.4 Å². The normalized spacial score (nSPS) is 17.0. The van der Waals surface area contributed by atoms with Crippen molar-refractivity contribution in [2.75, 3.05) is 13.2 Å². The number of aryl methyl sites for hydroxylation is 2. The van der Waals surface area contributed by atoms with Crippen LogP contribution in [0.4, 0.5) is 4.39 Å². The molecule has 0 saturated carbocycles. The van der Waals surface area contributed by atoms with Crippen LogP contribution in [0.25, 0.3) is 10.9 Å². The SMILES string of the molecule is Cc1cc2cc(CN(CC3CCCO3)S(=O)(=O)c3ccc(F)cc3)c(=O)[nH]c2cc1C. The van der Waals surface area contributed by atoms with Crippen LogP contribution in [0, 0.1) is 19.7 Å². The molecule has 0 spiro atoms. The first kappa shape index (κ1) is 21.7. The number of benzene rings is 2. The van der Waals surface area contributed by atoms with Crippen molar-refractivity contribution in [3.63, 3.8) is 0 Å². The van der Waals surface area contributed by atoms with Gasteiger partial charge in [-0.1, -0.05) is 0 Å². The van der Waals surface area contributed by atoms with Crippen molar-refractivity contribution in [1.82, 2.24) is 9.29 Å². The zero-order valence-corrected chi connectivity index (χ0v) is 18.3. The zero-order valence-electron chi connectivity index (χ0n) is 17.5. The second kappa shape index (κ2) is 8.53. The van der Waals surface area contributed by atoms with E-state index in [9.17, 15) is 17.6 Å². The Balaban J connectivity index is 1.73. The largest absolute Gasteiger partial charge is 0.377 e. The van der Waals surface area contributed by atoms with Gasteiger partial charge in [-0.15, -0.1) is 0 Å². The van der Waals surface area contributed by atoms with Crippen LogP contribution in [0.15, 0.2) is 52.2 Å². The minimum atomic E-state index is -3.95. The number of hydrogen-bond acceptors (Lipinski definition) is 4. The molecule has 164 valence electrons. The highest BCUT2D eigenvalue weighted by atomic mass is 32.2. The van der Waals surface area contributed by atoms with Gasteiger partial charge in [-0.3, -0.25) is 4.79 Å². The molecule has 1 unspecified atom stereocenters. The van der Waals surface area contributed by atoms with Crippen LogP contribution in [0.5, 0.6) is 0 Å². The van der Waals surface area contributed by atoms with Crippen LogP contribution in [-0.2, 0) is 21.3 Å². The van der Waals surface area contributed by atoms with Crippen LogP contribution >= 0.6 is 0 Å². The van der Waals surface area contributed by atoms with Crippen LogP contribution in [0.1, 0.15) is 29.5 Å². The molecule has 8 heteroatoms. The monoisotopic (exact) mass is 444 g/mol. The van der Waals surface area contributed by atoms with Gasteiger partial charge >= 0.3 is 0 Å². The van der Waals surface area contributed by atoms with Gasteiger partial charge in [0.2, 0.25) is 10.0 Å². The van der Waals surface area contributed by atoms with Gasteiger partial charge in [0.05, 0.1) is 11.0 Å². The van der Waals surface area contributed by atoms with E-state index in [4.69, 9.17) is 4.74 Å². The summed E-state index contributed by atoms with van der Waals surface area (Å²) in [5.74, 6) is -0.513. The fraction of sp³-hybridized carbons (Fsp3) is 0.348. The third-order valence-corrected chi connectivity index (χ3v) is 7.59. The Labute approximate surface area is 180 Å². The number of nitrogens with zero attached hydrogens (tertiary/aromatic N) is 1. The molecule has 0 bridgehead atoms. The van der Waals surface area contributed by atoms with Gasteiger partial charge in [0, 0.05) is 30.8 Å². The predicted octanol–water partition coefficient (Wildman–Crippen LogP) is 3.65. The number of fused-ring (bicyclic) bond motifs is 1. The van der Waals surface area contributed by atoms with Crippen LogP contribution < -0.4 is 5.56 Å². The summed E-state index contributed by atoms with van der Waals surface area (Å²) in [5, 5.41) is 0.842. The Morgan fingerprint density at radius 2 is 1.84 bits per heavy atom. The molecule has 6 nitrogen and oxygen atoms in total. The standard InChI is InChI=1S/C23H25FN2O4S/c1-15-10-17-12-18(23(27)25-22(17)11-16(15)2)13-26(14-20-4-3-9-30-20)31(28,29)21-7-5-19(24)6-8-21/h5-8,10-12,20H,3-4,9,13-14H2,1-2H3,(H,25,27). The van der Waals surface area contributed by atoms with E-state index in [-0.39, 0.29) is 29.6 Å². The van der Waals surface area contributed by atoms with Crippen LogP contribution in [-0.4, -0.2) is 37.0 Å². The Kier molecular flexibility index (Phi) is 5.96. The van der Waals surface area contributed by atoms with Crippen molar-refractivity contribution < 1.29 is 17.5 Å². The van der Waals surface area contributed by atoms with Crippen LogP contribution in [0.3, 0.4) is 0 Å². The molecule has 3 aromatic rings. The third kappa shape index (κ3) is 4.56. The number of ether oxygens (including phenoxy) is 1. The molecule has 0 radical (unpaired) electrons. The highest BCUT2D eigenvalue weighted by Crippen LogP contribution is 2.23. The van der Waals surface area contributed by atoms with E-state index in [2.05, 4.69) is 4.98 Å². The second-order valence-corrected chi connectivity index (χ2v) is 9.97. The first-order valence-electron chi connectivity index (χ1n) is 10.2. The molecule has 1 aromatic heterocycles. The van der Waals surface area contributed by atoms with Gasteiger partial charge in [-0.05, 0) is 85.7 Å². The summed E-state index contributed by atoms with van der Waals surface area (Å²) in [7, 11) is -3.95. The Hall–Kier alpha value is -2.55. The molecule has 0 amide bonds. The van der Waals surface area contributed by atoms with E-state index in [0.29, 0.717) is 17.7 Å². The van der Waals surface area contributed by atoms with Crippen molar-refractivity contribution in [3.8, 4) is 0 Å². The molecular formula is C23H25FN2O4S. The fourth-order valence-electron chi connectivity index (χ4n) is 3.85. The van der Waals surface area contributed by atoms with Gasteiger partial charge < -0.3 is 9.72 Å². The third-order valence-electron chi connectivity index (χ3n) is 5.76. The number of nitrogens with one attached hydrogen (secondary N) is 1. The summed E-state index contributed by atoms with van der Waals surface area (Å²) in [4.78, 5) is 15.6. The Morgan fingerprint density at radius 3 is 2.52 bits per heavy atom. The van der Waals surface area contributed by atoms with Gasteiger partial charge in [0.15, 0.2) is 0 Å². The lowest BCUT2D eigenvalue weighted by molar-refractivity contribution is 0.0925. The minimum absolute atomic E-state index is 0.0180. The van der Waals surface area contributed by atoms with E-state index in [0.717, 1.165) is 41.5 Å². The first-order valence-corrected chi connectivity index (χ1v) is 11.7. The lowest BCUT2D eigenvalue weighted by Crippen LogP contribution is -2.38. The summed E-state index contributed by atoms with van der Waals surface area (Å²) in [6.45, 7) is 4.58. The number of H-pyrrole nitrogens is 1. The summed E-state index contributed by atoms with van der Waals surface area (Å²) in [6, 6.07) is 10.3. The minimum Gasteiger partial charge on any atom is -0.377 e. The quantitative estimate of drug-likeness (QED) is 0.629. The summed E-state index contributed by atoms with van der Waals surface area (Å²) < 4.78 is 46.9. The lowest BCUT2D eigenvalue weighted by Gasteiger charge is -2.25. The summed E-state index contributed by atoms with van der Waals surface area (Å²) in [6.07, 6.45) is 1.38. The van der Waals surface area contributed by atoms with Crippen molar-refractivity contribution in [3.05, 3.63) is 75.3 Å². The van der Waals surface area contributed by atoms with Crippen LogP contribution in [0.2, 0.25) is 0 Å². The molecule has 1 aliphatic rings. The molecule has 1 aliphatic heterocycles. The molecule has 2 aromatic carbocycles. The van der Waals surface area contributed by atoms with E-state index in [1.54, 1.807) is 6.07 Å². The summed E-state index contributed by atoms with van der Waals surface area (Å²) in [5.41, 5.74) is 2.88. The Bertz CT molecular complexity index is 1260. The number of sulfonamides is 1. The maximum Gasteiger partial charge on any atom is 0.252 e. The lowest BCUT2D eigenvalue weighted by atomic mass is 10.0. The molecule has 2 heterocycles. The maximum absolute atomic E-state index is 13.3. The van der Waals surface area contributed by atoms with E-state index < -0.39 is 15.8 Å². The van der Waals surface area contributed by atoms with Gasteiger partial charge in [0.25, 0.3) is 5.56 Å². The fourth-order valence-corrected chi connectivity index (χ4v) is 5.30. The summed E-state index contributed by atoms with van der Waals surface area (Å²) >= 11 is 0. The zero-order chi connectivity index (χ0) is 22.2. The molecule has 4 rings (SSSR count). The average molecular weight is 445 g/mol. The first-order chi connectivity index (χ1) is 14.7. The molecule has 1 atom stereocenters. The predicted molar refractivity (Wildman–Crippen MR) is 117 cm³/mol. The molecule has 31 heavy (non-hydrogen) atoms. The van der Waals surface area contributed by atoms with Gasteiger partial charge in [0.1, 0.15) is 5.82 Å². The number of rotatable bonds is 6. The average Bonchev–Trinajstić information content (AvgIpc) is 3.23. The van der Waals surface area contributed by atoms with E-state index >= 15 is 0 Å². The number of pyridine rings is 1. The molecule has 0 aliphatic carbocycles. The van der Waals surface area contributed by atoms with Crippen molar-refractivity contribution in [1.29, 1.82) is 0 Å². The highest BCUT2D eigenvalue weighted by Gasteiger charge is 2.30. The second-order valence-electron chi connectivity index (χ2n) is 8.03. The maximum atomic E-state index is 13.3. The number of aromatic nitrogens is 1. The number of aromatic amines is 1. The van der Waals surface area contributed by atoms with Crippen molar-refractivity contribution in [2.24, 2.45) is 0 Å². The number of halogens is 1. The van der Waals surface area contributed by atoms with Gasteiger partial charge in [-0.2, -0.15) is 4.31 Å². The van der Waals surface area contributed by atoms with Gasteiger partial charge in [-0.25, -0.2) is 12.8 Å². The smallest absolute Gasteiger partial charge is 0.252 e. The molecular weight excluding hydrogens is 419 g/mol. The van der Waals surface area contributed by atoms with Crippen molar-refractivity contribution >= 4 is 20.9 Å². The molecule has 1 saturated heterocycles. The van der Waals surface area contributed by atoms with Crippen molar-refractivity contribution in [2.45, 2.75) is 44.2 Å². The molecule has 1 fully saturated rings. The highest BCUT2D eigenvalue weighted by molar-refractivity contribution is 7.89. The molecule has 1 N–H and O–H groups in total. The topological polar surface area (TPSA) is 79.5 Å². The Morgan fingerprint density at radius 1 is 1.13 bits per heavy atom.